The van der Waals surface area contributed by atoms with Crippen LogP contribution in [0.5, 0.6) is 0 Å². The number of nitrogens with zero attached hydrogens (tertiary/aromatic N) is 1. The quantitative estimate of drug-likeness (QED) is 0.824. The molecule has 0 spiro atoms. The van der Waals surface area contributed by atoms with Gasteiger partial charge in [0.25, 0.3) is 0 Å². The normalized spacial score (nSPS) is 13.1. The summed E-state index contributed by atoms with van der Waals surface area (Å²) in [7, 11) is 1.90. The number of aliphatic hydroxyl groups excluding tert-OH is 1. The monoisotopic (exact) mass is 261 g/mol. The Bertz CT molecular complexity index is 344. The summed E-state index contributed by atoms with van der Waals surface area (Å²) in [6, 6.07) is 5.57. The van der Waals surface area contributed by atoms with Crippen molar-refractivity contribution >= 4 is 23.2 Å². The minimum atomic E-state index is -0.403. The van der Waals surface area contributed by atoms with Crippen LogP contribution in [-0.4, -0.2) is 29.8 Å². The molecule has 0 amide bonds. The van der Waals surface area contributed by atoms with Gasteiger partial charge in [-0.25, -0.2) is 0 Å². The smallest absolute Gasteiger partial charge is 0.107 e. The molecule has 90 valence electrons. The lowest BCUT2D eigenvalue weighted by Crippen LogP contribution is -2.31. The molecule has 0 aliphatic rings. The van der Waals surface area contributed by atoms with Gasteiger partial charge in [0.1, 0.15) is 6.23 Å². The molecule has 4 heteroatoms. The number of aryl methyl sites for hydroxylation is 1. The van der Waals surface area contributed by atoms with Gasteiger partial charge in [0.15, 0.2) is 0 Å². The average Bonchev–Trinajstić information content (AvgIpc) is 2.29. The maximum Gasteiger partial charge on any atom is 0.107 e. The first-order valence-corrected chi connectivity index (χ1v) is 6.12. The summed E-state index contributed by atoms with van der Waals surface area (Å²) in [6.45, 7) is 2.85. The summed E-state index contributed by atoms with van der Waals surface area (Å²) in [5.74, 6) is 0. The molecule has 1 unspecified atom stereocenters. The van der Waals surface area contributed by atoms with Gasteiger partial charge in [0.2, 0.25) is 0 Å². The zero-order valence-electron chi connectivity index (χ0n) is 9.58. The lowest BCUT2D eigenvalue weighted by molar-refractivity contribution is 0.0196. The van der Waals surface area contributed by atoms with E-state index in [1.165, 1.54) is 0 Å². The van der Waals surface area contributed by atoms with Crippen LogP contribution in [0.25, 0.3) is 0 Å². The second kappa shape index (κ2) is 6.45. The van der Waals surface area contributed by atoms with Gasteiger partial charge in [-0.1, -0.05) is 36.2 Å². The fraction of sp³-hybridized carbons (Fsp3) is 0.500. The van der Waals surface area contributed by atoms with E-state index in [1.54, 1.807) is 6.07 Å². The number of benzene rings is 1. The molecule has 0 heterocycles. The molecule has 0 aliphatic carbocycles. The Balaban J connectivity index is 2.51. The minimum Gasteiger partial charge on any atom is -0.378 e. The molecule has 0 saturated heterocycles. The molecule has 0 radical (unpaired) electrons. The van der Waals surface area contributed by atoms with Gasteiger partial charge in [0, 0.05) is 0 Å². The van der Waals surface area contributed by atoms with Gasteiger partial charge in [-0.05, 0) is 44.1 Å². The summed E-state index contributed by atoms with van der Waals surface area (Å²) in [5.41, 5.74) is 1.10. The van der Waals surface area contributed by atoms with Crippen molar-refractivity contribution < 1.29 is 5.11 Å². The Kier molecular flexibility index (Phi) is 5.56. The third-order valence-corrected chi connectivity index (χ3v) is 3.42. The predicted molar refractivity (Wildman–Crippen MR) is 69.1 cm³/mol. The van der Waals surface area contributed by atoms with Crippen molar-refractivity contribution in [3.8, 4) is 0 Å². The van der Waals surface area contributed by atoms with E-state index in [0.717, 1.165) is 18.5 Å². The van der Waals surface area contributed by atoms with Crippen LogP contribution >= 0.6 is 23.2 Å². The first kappa shape index (κ1) is 13.8. The first-order valence-electron chi connectivity index (χ1n) is 5.36. The van der Waals surface area contributed by atoms with Gasteiger partial charge < -0.3 is 5.11 Å². The summed E-state index contributed by atoms with van der Waals surface area (Å²) in [4.78, 5) is 1.90. The van der Waals surface area contributed by atoms with E-state index in [0.29, 0.717) is 16.5 Å². The van der Waals surface area contributed by atoms with Crippen molar-refractivity contribution in [1.29, 1.82) is 0 Å². The van der Waals surface area contributed by atoms with Crippen LogP contribution in [0.15, 0.2) is 18.2 Å². The molecule has 1 atom stereocenters. The highest BCUT2D eigenvalue weighted by Crippen LogP contribution is 2.23. The molecule has 1 rings (SSSR count). The highest BCUT2D eigenvalue weighted by Gasteiger charge is 2.09. The molecular weight excluding hydrogens is 245 g/mol. The Labute approximate surface area is 107 Å². The number of aliphatic hydroxyl groups is 1. The maximum atomic E-state index is 9.77. The van der Waals surface area contributed by atoms with Crippen molar-refractivity contribution in [1.82, 2.24) is 4.90 Å². The fourth-order valence-corrected chi connectivity index (χ4v) is 1.74. The SMILES string of the molecule is CCN(C)C(O)CCc1ccc(Cl)c(Cl)c1. The van der Waals surface area contributed by atoms with Crippen molar-refractivity contribution in [3.05, 3.63) is 33.8 Å². The Morgan fingerprint density at radius 2 is 2.00 bits per heavy atom. The van der Waals surface area contributed by atoms with Gasteiger partial charge in [-0.3, -0.25) is 4.90 Å². The zero-order chi connectivity index (χ0) is 12.1. The van der Waals surface area contributed by atoms with E-state index in [1.807, 2.05) is 31.0 Å². The molecule has 0 aliphatic heterocycles. The molecule has 0 saturated carbocycles. The molecule has 1 aromatic carbocycles. The molecule has 2 nitrogen and oxygen atoms in total. The summed E-state index contributed by atoms with van der Waals surface area (Å²) < 4.78 is 0. The third kappa shape index (κ3) is 3.95. The second-order valence-electron chi connectivity index (χ2n) is 3.84. The van der Waals surface area contributed by atoms with Crippen LogP contribution in [0.2, 0.25) is 10.0 Å². The average molecular weight is 262 g/mol. The number of hydrogen-bond donors (Lipinski definition) is 1. The van der Waals surface area contributed by atoms with Crippen LogP contribution in [-0.2, 0) is 6.42 Å². The van der Waals surface area contributed by atoms with E-state index < -0.39 is 6.23 Å². The molecule has 1 N–H and O–H groups in total. The number of rotatable bonds is 5. The van der Waals surface area contributed by atoms with Crippen molar-refractivity contribution in [2.24, 2.45) is 0 Å². The van der Waals surface area contributed by atoms with Crippen molar-refractivity contribution in [2.75, 3.05) is 13.6 Å². The van der Waals surface area contributed by atoms with Crippen LogP contribution in [0.1, 0.15) is 18.9 Å². The predicted octanol–water partition coefficient (Wildman–Crippen LogP) is 3.20. The molecule has 0 bridgehead atoms. The number of hydrogen-bond acceptors (Lipinski definition) is 2. The summed E-state index contributed by atoms with van der Waals surface area (Å²) in [5, 5.41) is 10.9. The van der Waals surface area contributed by atoms with E-state index >= 15 is 0 Å². The third-order valence-electron chi connectivity index (χ3n) is 2.68. The molecular formula is C12H17Cl2NO. The van der Waals surface area contributed by atoms with Gasteiger partial charge in [0.05, 0.1) is 10.0 Å². The van der Waals surface area contributed by atoms with Crippen LogP contribution < -0.4 is 0 Å². The first-order chi connectivity index (χ1) is 7.54. The summed E-state index contributed by atoms with van der Waals surface area (Å²) >= 11 is 11.7. The second-order valence-corrected chi connectivity index (χ2v) is 4.66. The Morgan fingerprint density at radius 1 is 1.31 bits per heavy atom. The Morgan fingerprint density at radius 3 is 2.56 bits per heavy atom. The molecule has 0 aromatic heterocycles. The van der Waals surface area contributed by atoms with E-state index in [-0.39, 0.29) is 0 Å². The van der Waals surface area contributed by atoms with E-state index in [9.17, 15) is 5.11 Å². The highest BCUT2D eigenvalue weighted by molar-refractivity contribution is 6.42. The van der Waals surface area contributed by atoms with Crippen LogP contribution in [0.3, 0.4) is 0 Å². The van der Waals surface area contributed by atoms with Gasteiger partial charge in [-0.2, -0.15) is 0 Å². The topological polar surface area (TPSA) is 23.5 Å². The molecule has 1 aromatic rings. The van der Waals surface area contributed by atoms with E-state index in [2.05, 4.69) is 0 Å². The van der Waals surface area contributed by atoms with Crippen molar-refractivity contribution in [3.63, 3.8) is 0 Å². The van der Waals surface area contributed by atoms with Crippen LogP contribution in [0, 0.1) is 0 Å². The zero-order valence-corrected chi connectivity index (χ0v) is 11.1. The largest absolute Gasteiger partial charge is 0.378 e. The molecule has 16 heavy (non-hydrogen) atoms. The standard InChI is InChI=1S/C12H17Cl2NO/c1-3-15(2)12(16)7-5-9-4-6-10(13)11(14)8-9/h4,6,8,12,16H,3,5,7H2,1-2H3. The number of halogens is 2. The van der Waals surface area contributed by atoms with E-state index in [4.69, 9.17) is 23.2 Å². The summed E-state index contributed by atoms with van der Waals surface area (Å²) in [6.07, 6.45) is 1.09. The fourth-order valence-electron chi connectivity index (χ4n) is 1.42. The lowest BCUT2D eigenvalue weighted by atomic mass is 10.1. The van der Waals surface area contributed by atoms with Crippen molar-refractivity contribution in [2.45, 2.75) is 26.0 Å². The van der Waals surface area contributed by atoms with Gasteiger partial charge in [-0.15, -0.1) is 0 Å². The van der Waals surface area contributed by atoms with Gasteiger partial charge >= 0.3 is 0 Å². The highest BCUT2D eigenvalue weighted by atomic mass is 35.5. The minimum absolute atomic E-state index is 0.403. The molecule has 0 fully saturated rings. The lowest BCUT2D eigenvalue weighted by Gasteiger charge is -2.21. The van der Waals surface area contributed by atoms with Crippen LogP contribution in [0.4, 0.5) is 0 Å². The maximum absolute atomic E-state index is 9.77. The Hall–Kier alpha value is -0.280.